The Bertz CT molecular complexity index is 142. The van der Waals surface area contributed by atoms with Gasteiger partial charge in [-0.3, -0.25) is 4.79 Å². The molecule has 1 fully saturated rings. The monoisotopic (exact) mass is 158 g/mol. The van der Waals surface area contributed by atoms with Gasteiger partial charge in [-0.1, -0.05) is 13.8 Å². The van der Waals surface area contributed by atoms with Crippen LogP contribution in [0.5, 0.6) is 0 Å². The summed E-state index contributed by atoms with van der Waals surface area (Å²) in [5.74, 6) is 0. The van der Waals surface area contributed by atoms with E-state index in [2.05, 4.69) is 0 Å². The predicted molar refractivity (Wildman–Crippen MR) is 39.9 cm³/mol. The van der Waals surface area contributed by atoms with Gasteiger partial charge in [0.1, 0.15) is 0 Å². The molecule has 0 aromatic rings. The molecule has 1 aliphatic heterocycles. The molecule has 0 saturated carbocycles. The van der Waals surface area contributed by atoms with Crippen molar-refractivity contribution in [3.8, 4) is 0 Å². The Balaban J connectivity index is 2.52. The Labute approximate surface area is 66.7 Å². The first kappa shape index (κ1) is 8.53. The molecule has 0 amide bonds. The molecule has 0 aliphatic carbocycles. The third-order valence-electron chi connectivity index (χ3n) is 2.05. The highest BCUT2D eigenvalue weighted by atomic mass is 16.7. The summed E-state index contributed by atoms with van der Waals surface area (Å²) in [6.07, 6.45) is 1.74. The molecule has 1 unspecified atom stereocenters. The molecule has 1 heterocycles. The van der Waals surface area contributed by atoms with Crippen molar-refractivity contribution in [2.75, 3.05) is 6.61 Å². The average molecular weight is 158 g/mol. The van der Waals surface area contributed by atoms with Gasteiger partial charge in [-0.25, -0.2) is 0 Å². The molecule has 0 N–H and O–H groups in total. The summed E-state index contributed by atoms with van der Waals surface area (Å²) in [6, 6.07) is 0. The standard InChI is InChI=1S/C8H14O3/c1-8(2)4-3-5-10-7(8)11-6-9/h6-7H,3-5H2,1-2H3. The normalized spacial score (nSPS) is 29.5. The fourth-order valence-corrected chi connectivity index (χ4v) is 1.34. The van der Waals surface area contributed by atoms with E-state index in [1.165, 1.54) is 0 Å². The smallest absolute Gasteiger partial charge is 0.295 e. The predicted octanol–water partition coefficient (Wildman–Crippen LogP) is 1.32. The first-order valence-electron chi connectivity index (χ1n) is 3.87. The van der Waals surface area contributed by atoms with Crippen molar-refractivity contribution in [2.24, 2.45) is 5.41 Å². The number of ether oxygens (including phenoxy) is 2. The molecule has 11 heavy (non-hydrogen) atoms. The maximum Gasteiger partial charge on any atom is 0.295 e. The third-order valence-corrected chi connectivity index (χ3v) is 2.05. The molecule has 0 spiro atoms. The Morgan fingerprint density at radius 1 is 1.64 bits per heavy atom. The summed E-state index contributed by atoms with van der Waals surface area (Å²) in [5, 5.41) is 0. The van der Waals surface area contributed by atoms with Crippen LogP contribution in [0.1, 0.15) is 26.7 Å². The number of rotatable bonds is 2. The van der Waals surface area contributed by atoms with Crippen molar-refractivity contribution >= 4 is 6.47 Å². The van der Waals surface area contributed by atoms with Gasteiger partial charge in [-0.05, 0) is 12.8 Å². The SMILES string of the molecule is CC1(C)CCCOC1OC=O. The lowest BCUT2D eigenvalue weighted by Gasteiger charge is -2.36. The number of hydrogen-bond donors (Lipinski definition) is 0. The van der Waals surface area contributed by atoms with Crippen LogP contribution in [0, 0.1) is 5.41 Å². The maximum absolute atomic E-state index is 10.1. The summed E-state index contributed by atoms with van der Waals surface area (Å²) in [6.45, 7) is 5.24. The van der Waals surface area contributed by atoms with Crippen molar-refractivity contribution in [1.29, 1.82) is 0 Å². The lowest BCUT2D eigenvalue weighted by molar-refractivity contribution is -0.210. The second-order valence-corrected chi connectivity index (χ2v) is 3.53. The average Bonchev–Trinajstić information content (AvgIpc) is 1.94. The van der Waals surface area contributed by atoms with Gasteiger partial charge in [0.05, 0.1) is 6.61 Å². The zero-order valence-corrected chi connectivity index (χ0v) is 7.00. The van der Waals surface area contributed by atoms with Gasteiger partial charge in [0, 0.05) is 5.41 Å². The molecule has 0 bridgehead atoms. The molecule has 3 nitrogen and oxygen atoms in total. The van der Waals surface area contributed by atoms with E-state index < -0.39 is 0 Å². The van der Waals surface area contributed by atoms with Crippen LogP contribution in [0.3, 0.4) is 0 Å². The quantitative estimate of drug-likeness (QED) is 0.568. The third kappa shape index (κ3) is 1.93. The molecule has 64 valence electrons. The number of carbonyl (C=O) groups excluding carboxylic acids is 1. The summed E-state index contributed by atoms with van der Waals surface area (Å²) in [4.78, 5) is 10.1. The van der Waals surface area contributed by atoms with Gasteiger partial charge in [0.2, 0.25) is 6.29 Å². The Kier molecular flexibility index (Phi) is 2.49. The van der Waals surface area contributed by atoms with Crippen molar-refractivity contribution in [3.63, 3.8) is 0 Å². The lowest BCUT2D eigenvalue weighted by atomic mass is 9.85. The summed E-state index contributed by atoms with van der Waals surface area (Å²) in [7, 11) is 0. The van der Waals surface area contributed by atoms with E-state index in [9.17, 15) is 4.79 Å². The lowest BCUT2D eigenvalue weighted by Crippen LogP contribution is -2.38. The van der Waals surface area contributed by atoms with Crippen LogP contribution < -0.4 is 0 Å². The molecule has 0 radical (unpaired) electrons. The van der Waals surface area contributed by atoms with E-state index in [1.54, 1.807) is 0 Å². The van der Waals surface area contributed by atoms with Crippen molar-refractivity contribution < 1.29 is 14.3 Å². The van der Waals surface area contributed by atoms with Crippen LogP contribution >= 0.6 is 0 Å². The molecule has 3 heteroatoms. The van der Waals surface area contributed by atoms with Gasteiger partial charge < -0.3 is 9.47 Å². The second-order valence-electron chi connectivity index (χ2n) is 3.53. The minimum absolute atomic E-state index is 0.0286. The van der Waals surface area contributed by atoms with Crippen molar-refractivity contribution in [1.82, 2.24) is 0 Å². The molecular weight excluding hydrogens is 144 g/mol. The topological polar surface area (TPSA) is 35.5 Å². The van der Waals surface area contributed by atoms with Crippen LogP contribution in [-0.4, -0.2) is 19.4 Å². The van der Waals surface area contributed by atoms with Crippen LogP contribution in [0.4, 0.5) is 0 Å². The molecule has 0 aromatic carbocycles. The minimum atomic E-state index is -0.353. The van der Waals surface area contributed by atoms with Crippen LogP contribution in [0.25, 0.3) is 0 Å². The van der Waals surface area contributed by atoms with Gasteiger partial charge in [0.25, 0.3) is 6.47 Å². The van der Waals surface area contributed by atoms with E-state index in [1.807, 2.05) is 13.8 Å². The van der Waals surface area contributed by atoms with Gasteiger partial charge in [-0.15, -0.1) is 0 Å². The summed E-state index contributed by atoms with van der Waals surface area (Å²) in [5.41, 5.74) is -0.0286. The van der Waals surface area contributed by atoms with Crippen molar-refractivity contribution in [3.05, 3.63) is 0 Å². The molecule has 0 aromatic heterocycles. The zero-order valence-electron chi connectivity index (χ0n) is 7.00. The van der Waals surface area contributed by atoms with E-state index in [0.717, 1.165) is 12.8 Å². The summed E-state index contributed by atoms with van der Waals surface area (Å²) < 4.78 is 10.1. The number of hydrogen-bond acceptors (Lipinski definition) is 3. The zero-order chi connectivity index (χ0) is 8.32. The van der Waals surface area contributed by atoms with Gasteiger partial charge in [-0.2, -0.15) is 0 Å². The molecular formula is C8H14O3. The van der Waals surface area contributed by atoms with Crippen LogP contribution in [0.2, 0.25) is 0 Å². The highest BCUT2D eigenvalue weighted by Gasteiger charge is 2.34. The van der Waals surface area contributed by atoms with Gasteiger partial charge >= 0.3 is 0 Å². The molecule has 1 saturated heterocycles. The first-order chi connectivity index (χ1) is 5.17. The largest absolute Gasteiger partial charge is 0.437 e. The highest BCUT2D eigenvalue weighted by molar-refractivity contribution is 5.37. The fourth-order valence-electron chi connectivity index (χ4n) is 1.34. The molecule has 1 rings (SSSR count). The van der Waals surface area contributed by atoms with Crippen LogP contribution in [0.15, 0.2) is 0 Å². The minimum Gasteiger partial charge on any atom is -0.437 e. The van der Waals surface area contributed by atoms with E-state index in [0.29, 0.717) is 13.1 Å². The van der Waals surface area contributed by atoms with Crippen LogP contribution in [-0.2, 0) is 14.3 Å². The van der Waals surface area contributed by atoms with Gasteiger partial charge in [0.15, 0.2) is 0 Å². The number of carbonyl (C=O) groups is 1. The Morgan fingerprint density at radius 2 is 2.36 bits per heavy atom. The molecule has 1 aliphatic rings. The maximum atomic E-state index is 10.1. The van der Waals surface area contributed by atoms with Crippen molar-refractivity contribution in [2.45, 2.75) is 33.0 Å². The first-order valence-corrected chi connectivity index (χ1v) is 3.87. The highest BCUT2D eigenvalue weighted by Crippen LogP contribution is 2.33. The van der Waals surface area contributed by atoms with E-state index in [-0.39, 0.29) is 11.7 Å². The van der Waals surface area contributed by atoms with E-state index >= 15 is 0 Å². The van der Waals surface area contributed by atoms with E-state index in [4.69, 9.17) is 9.47 Å². The Morgan fingerprint density at radius 3 is 2.91 bits per heavy atom. The fraction of sp³-hybridized carbons (Fsp3) is 0.875. The second kappa shape index (κ2) is 3.22. The Hall–Kier alpha value is -0.570. The summed E-state index contributed by atoms with van der Waals surface area (Å²) >= 11 is 0. The molecule has 1 atom stereocenters.